The maximum absolute atomic E-state index is 13.0. The molecule has 1 amide bonds. The summed E-state index contributed by atoms with van der Waals surface area (Å²) in [7, 11) is -0.879. The van der Waals surface area contributed by atoms with Gasteiger partial charge in [-0.15, -0.1) is 0 Å². The van der Waals surface area contributed by atoms with Crippen molar-refractivity contribution in [3.05, 3.63) is 81.9 Å². The van der Waals surface area contributed by atoms with Gasteiger partial charge in [-0.1, -0.05) is 29.8 Å². The Hall–Kier alpha value is -3.23. The van der Waals surface area contributed by atoms with Crippen molar-refractivity contribution in [1.29, 1.82) is 0 Å². The molecule has 0 saturated carbocycles. The van der Waals surface area contributed by atoms with E-state index in [1.165, 1.54) is 18.2 Å². The molecule has 0 aliphatic rings. The van der Waals surface area contributed by atoms with Crippen molar-refractivity contribution in [2.45, 2.75) is 25.2 Å². The average molecular weight is 503 g/mol. The highest BCUT2D eigenvalue weighted by molar-refractivity contribution is 7.92. The Morgan fingerprint density at radius 1 is 0.971 bits per heavy atom. The van der Waals surface area contributed by atoms with Gasteiger partial charge < -0.3 is 14.8 Å². The molecule has 0 unspecified atom stereocenters. The van der Waals surface area contributed by atoms with E-state index < -0.39 is 15.9 Å². The molecule has 0 aliphatic heterocycles. The van der Waals surface area contributed by atoms with Crippen molar-refractivity contribution in [3.8, 4) is 11.5 Å². The third kappa shape index (κ3) is 5.81. The van der Waals surface area contributed by atoms with Crippen LogP contribution in [0.15, 0.2) is 59.5 Å². The van der Waals surface area contributed by atoms with Gasteiger partial charge in [0.15, 0.2) is 11.5 Å². The number of aryl methyl sites for hydroxylation is 1. The molecule has 2 N–H and O–H groups in total. The molecule has 9 heteroatoms. The summed E-state index contributed by atoms with van der Waals surface area (Å²) in [5.74, 6) is 0.829. The Bertz CT molecular complexity index is 1310. The standard InChI is InChI=1S/C25H27ClN2O5S/c1-16-6-5-7-21(17(16)2)28-34(30,31)24-15-19(9-10-20(24)26)25(29)27-13-12-18-8-11-22(32-3)23(14-18)33-4/h5-11,14-15,28H,12-13H2,1-4H3,(H,27,29). The number of nitrogens with one attached hydrogen (secondary N) is 2. The van der Waals surface area contributed by atoms with Crippen LogP contribution in [0.1, 0.15) is 27.0 Å². The van der Waals surface area contributed by atoms with Gasteiger partial charge in [0.05, 0.1) is 24.9 Å². The number of anilines is 1. The second-order valence-corrected chi connectivity index (χ2v) is 9.75. The highest BCUT2D eigenvalue weighted by atomic mass is 35.5. The maximum atomic E-state index is 13.0. The molecule has 0 heterocycles. The fourth-order valence-electron chi connectivity index (χ4n) is 3.37. The van der Waals surface area contributed by atoms with E-state index in [1.807, 2.05) is 32.0 Å². The SMILES string of the molecule is COc1ccc(CCNC(=O)c2ccc(Cl)c(S(=O)(=O)Nc3cccc(C)c3C)c2)cc1OC. The lowest BCUT2D eigenvalue weighted by Crippen LogP contribution is -2.26. The molecule has 3 aromatic carbocycles. The molecular formula is C25H27ClN2O5S. The van der Waals surface area contributed by atoms with Gasteiger partial charge in [0, 0.05) is 12.1 Å². The van der Waals surface area contributed by atoms with Crippen molar-refractivity contribution in [2.75, 3.05) is 25.5 Å². The van der Waals surface area contributed by atoms with Crippen LogP contribution in [0.25, 0.3) is 0 Å². The van der Waals surface area contributed by atoms with Crippen LogP contribution in [0.5, 0.6) is 11.5 Å². The van der Waals surface area contributed by atoms with Crippen LogP contribution in [0.2, 0.25) is 5.02 Å². The highest BCUT2D eigenvalue weighted by Crippen LogP contribution is 2.28. The minimum Gasteiger partial charge on any atom is -0.493 e. The normalized spacial score (nSPS) is 11.1. The van der Waals surface area contributed by atoms with Gasteiger partial charge in [0.1, 0.15) is 4.90 Å². The molecule has 0 fully saturated rings. The van der Waals surface area contributed by atoms with Crippen molar-refractivity contribution >= 4 is 33.2 Å². The van der Waals surface area contributed by atoms with Gasteiger partial charge in [0.25, 0.3) is 15.9 Å². The van der Waals surface area contributed by atoms with E-state index in [4.69, 9.17) is 21.1 Å². The molecule has 0 radical (unpaired) electrons. The van der Waals surface area contributed by atoms with Crippen LogP contribution >= 0.6 is 11.6 Å². The quantitative estimate of drug-likeness (QED) is 0.440. The number of rotatable bonds is 9. The van der Waals surface area contributed by atoms with Crippen LogP contribution in [0, 0.1) is 13.8 Å². The topological polar surface area (TPSA) is 93.7 Å². The smallest absolute Gasteiger partial charge is 0.263 e. The van der Waals surface area contributed by atoms with Crippen LogP contribution in [-0.4, -0.2) is 35.1 Å². The van der Waals surface area contributed by atoms with E-state index in [0.29, 0.717) is 30.2 Å². The van der Waals surface area contributed by atoms with E-state index >= 15 is 0 Å². The number of carbonyl (C=O) groups excluding carboxylic acids is 1. The maximum Gasteiger partial charge on any atom is 0.263 e. The summed E-state index contributed by atoms with van der Waals surface area (Å²) < 4.78 is 39.1. The first-order chi connectivity index (χ1) is 16.2. The zero-order chi connectivity index (χ0) is 24.9. The predicted octanol–water partition coefficient (Wildman–Crippen LogP) is 4.75. The van der Waals surface area contributed by atoms with Gasteiger partial charge in [-0.2, -0.15) is 0 Å². The first kappa shape index (κ1) is 25.4. The number of ether oxygens (including phenoxy) is 2. The minimum absolute atomic E-state index is 0.0275. The van der Waals surface area contributed by atoms with E-state index in [2.05, 4.69) is 10.0 Å². The molecule has 0 aliphatic carbocycles. The van der Waals surface area contributed by atoms with Crippen LogP contribution in [-0.2, 0) is 16.4 Å². The Morgan fingerprint density at radius 2 is 1.71 bits per heavy atom. The van der Waals surface area contributed by atoms with Crippen LogP contribution in [0.3, 0.4) is 0 Å². The highest BCUT2D eigenvalue weighted by Gasteiger charge is 2.21. The second-order valence-electron chi connectivity index (χ2n) is 7.69. The number of amides is 1. The van der Waals surface area contributed by atoms with Gasteiger partial charge in [-0.3, -0.25) is 9.52 Å². The number of hydrogen-bond acceptors (Lipinski definition) is 5. The van der Waals surface area contributed by atoms with Gasteiger partial charge in [0.2, 0.25) is 0 Å². The molecule has 0 spiro atoms. The predicted molar refractivity (Wildman–Crippen MR) is 134 cm³/mol. The summed E-state index contributed by atoms with van der Waals surface area (Å²) in [6.45, 7) is 4.07. The van der Waals surface area contributed by atoms with Crippen LogP contribution in [0.4, 0.5) is 5.69 Å². The molecule has 0 saturated heterocycles. The fraction of sp³-hybridized carbons (Fsp3) is 0.240. The lowest BCUT2D eigenvalue weighted by molar-refractivity contribution is 0.0954. The largest absolute Gasteiger partial charge is 0.493 e. The van der Waals surface area contributed by atoms with Crippen molar-refractivity contribution in [3.63, 3.8) is 0 Å². The lowest BCUT2D eigenvalue weighted by Gasteiger charge is -2.14. The third-order valence-electron chi connectivity index (χ3n) is 5.48. The summed E-state index contributed by atoms with van der Waals surface area (Å²) >= 11 is 6.19. The molecule has 3 rings (SSSR count). The number of halogens is 1. The Morgan fingerprint density at radius 3 is 2.41 bits per heavy atom. The Balaban J connectivity index is 1.72. The monoisotopic (exact) mass is 502 g/mol. The van der Waals surface area contributed by atoms with Crippen molar-refractivity contribution in [1.82, 2.24) is 5.32 Å². The minimum atomic E-state index is -4.00. The molecule has 0 bridgehead atoms. The third-order valence-corrected chi connectivity index (χ3v) is 7.33. The zero-order valence-electron chi connectivity index (χ0n) is 19.4. The number of sulfonamides is 1. The summed E-state index contributed by atoms with van der Waals surface area (Å²) in [6.07, 6.45) is 0.555. The lowest BCUT2D eigenvalue weighted by atomic mass is 10.1. The van der Waals surface area contributed by atoms with Crippen molar-refractivity contribution in [2.24, 2.45) is 0 Å². The average Bonchev–Trinajstić information content (AvgIpc) is 2.81. The van der Waals surface area contributed by atoms with Gasteiger partial charge in [-0.25, -0.2) is 8.42 Å². The molecule has 180 valence electrons. The second kappa shape index (κ2) is 10.8. The summed E-state index contributed by atoms with van der Waals surface area (Å²) in [5, 5.41) is 2.84. The number of methoxy groups -OCH3 is 2. The van der Waals surface area contributed by atoms with Crippen molar-refractivity contribution < 1.29 is 22.7 Å². The van der Waals surface area contributed by atoms with Crippen LogP contribution < -0.4 is 19.5 Å². The Kier molecular flexibility index (Phi) is 8.06. The first-order valence-electron chi connectivity index (χ1n) is 10.5. The van der Waals surface area contributed by atoms with E-state index in [9.17, 15) is 13.2 Å². The molecule has 3 aromatic rings. The zero-order valence-corrected chi connectivity index (χ0v) is 21.0. The number of benzene rings is 3. The number of carbonyl (C=O) groups is 1. The summed E-state index contributed by atoms with van der Waals surface area (Å²) in [6, 6.07) is 15.1. The molecule has 0 aromatic heterocycles. The molecule has 34 heavy (non-hydrogen) atoms. The molecular weight excluding hydrogens is 476 g/mol. The van der Waals surface area contributed by atoms with E-state index in [-0.39, 0.29) is 15.5 Å². The van der Waals surface area contributed by atoms with E-state index in [0.717, 1.165) is 16.7 Å². The first-order valence-corrected chi connectivity index (χ1v) is 12.4. The number of hydrogen-bond donors (Lipinski definition) is 2. The fourth-order valence-corrected chi connectivity index (χ4v) is 5.02. The summed E-state index contributed by atoms with van der Waals surface area (Å²) in [4.78, 5) is 12.5. The summed E-state index contributed by atoms with van der Waals surface area (Å²) in [5.41, 5.74) is 3.37. The van der Waals surface area contributed by atoms with E-state index in [1.54, 1.807) is 32.4 Å². The molecule has 0 atom stereocenters. The Labute approximate surface area is 205 Å². The van der Waals surface area contributed by atoms with Gasteiger partial charge in [-0.05, 0) is 73.4 Å². The van der Waals surface area contributed by atoms with Gasteiger partial charge >= 0.3 is 0 Å². The molecule has 7 nitrogen and oxygen atoms in total.